The summed E-state index contributed by atoms with van der Waals surface area (Å²) in [6.45, 7) is -0.489. The highest BCUT2D eigenvalue weighted by Gasteiger charge is 2.29. The highest BCUT2D eigenvalue weighted by atomic mass is 16.4. The molecule has 0 saturated carbocycles. The van der Waals surface area contributed by atoms with E-state index in [1.165, 1.54) is 6.92 Å². The van der Waals surface area contributed by atoms with Crippen molar-refractivity contribution in [1.82, 2.24) is 31.9 Å². The van der Waals surface area contributed by atoms with Crippen LogP contribution in [-0.2, 0) is 43.2 Å². The van der Waals surface area contributed by atoms with E-state index in [1.54, 1.807) is 0 Å². The molecule has 0 aliphatic rings. The number of amides is 6. The molecule has 44 heavy (non-hydrogen) atoms. The Morgan fingerprint density at radius 1 is 0.591 bits per heavy atom. The van der Waals surface area contributed by atoms with Crippen LogP contribution in [0.15, 0.2) is 0 Å². The molecule has 20 nitrogen and oxygen atoms in total. The Balaban J connectivity index is 5.46. The van der Waals surface area contributed by atoms with Gasteiger partial charge in [-0.05, 0) is 39.2 Å². The molecular weight excluding hydrogens is 592 g/mol. The fourth-order valence-electron chi connectivity index (χ4n) is 3.44. The molecule has 0 aliphatic heterocycles. The lowest BCUT2D eigenvalue weighted by Gasteiger charge is -2.23. The number of nitrogens with two attached hydrogens (primary N) is 2. The first-order chi connectivity index (χ1) is 20.6. The van der Waals surface area contributed by atoms with Gasteiger partial charge in [0.1, 0.15) is 30.7 Å². The van der Waals surface area contributed by atoms with Gasteiger partial charge in [-0.3, -0.25) is 43.2 Å². The molecule has 248 valence electrons. The number of carboxylic acid groups (broad SMARTS) is 3. The average molecular weight is 633 g/mol. The summed E-state index contributed by atoms with van der Waals surface area (Å²) in [4.78, 5) is 107. The van der Waals surface area contributed by atoms with E-state index >= 15 is 0 Å². The van der Waals surface area contributed by atoms with Crippen LogP contribution >= 0.6 is 0 Å². The molecule has 0 heterocycles. The summed E-state index contributed by atoms with van der Waals surface area (Å²) in [5.41, 5.74) is 10.7. The SMILES string of the molecule is C[C@H](NC(=O)[C@H](CCC(=O)O)NC(=O)CNC(=O)[C@H](CCCCN)NC(=O)[C@H](CC(=O)O)NC(=O)CN)C(=O)NCC(=O)O. The fraction of sp³-hybridized carbons (Fsp3) is 0.625. The lowest BCUT2D eigenvalue weighted by Crippen LogP contribution is -2.56. The molecule has 0 aliphatic carbocycles. The van der Waals surface area contributed by atoms with Gasteiger partial charge in [0.15, 0.2) is 0 Å². The fourth-order valence-corrected chi connectivity index (χ4v) is 3.44. The zero-order valence-electron chi connectivity index (χ0n) is 24.1. The van der Waals surface area contributed by atoms with Gasteiger partial charge in [-0.1, -0.05) is 0 Å². The van der Waals surface area contributed by atoms with Gasteiger partial charge in [-0.25, -0.2) is 0 Å². The van der Waals surface area contributed by atoms with E-state index in [-0.39, 0.29) is 13.0 Å². The Morgan fingerprint density at radius 3 is 1.70 bits per heavy atom. The normalized spacial score (nSPS) is 13.2. The van der Waals surface area contributed by atoms with E-state index in [9.17, 15) is 43.2 Å². The van der Waals surface area contributed by atoms with Crippen LogP contribution in [0.1, 0.15) is 45.4 Å². The van der Waals surface area contributed by atoms with Gasteiger partial charge in [0.2, 0.25) is 35.4 Å². The second kappa shape index (κ2) is 20.9. The molecule has 20 heteroatoms. The molecule has 0 fully saturated rings. The van der Waals surface area contributed by atoms with Gasteiger partial charge in [0, 0.05) is 6.42 Å². The van der Waals surface area contributed by atoms with E-state index in [4.69, 9.17) is 26.8 Å². The van der Waals surface area contributed by atoms with E-state index in [1.807, 2.05) is 5.32 Å². The Hall–Kier alpha value is -4.85. The Bertz CT molecular complexity index is 1070. The second-order valence-corrected chi connectivity index (χ2v) is 9.38. The van der Waals surface area contributed by atoms with E-state index in [2.05, 4.69) is 26.6 Å². The zero-order valence-corrected chi connectivity index (χ0v) is 24.1. The standard InChI is InChI=1S/C24H40N8O12/c1-12(21(41)28-11-20(39)40)29-23(43)14(5-6-18(35)36)30-17(34)10-27-22(42)13(4-2-3-7-25)32-24(44)15(8-19(37)38)31-16(33)9-26/h12-15H,2-11,25-26H2,1H3,(H,27,42)(H,28,41)(H,29,43)(H,30,34)(H,31,33)(H,32,44)(H,35,36)(H,37,38)(H,39,40)/t12-,13-,14-,15-/m0/s1. The van der Waals surface area contributed by atoms with Gasteiger partial charge >= 0.3 is 17.9 Å². The molecule has 0 saturated heterocycles. The molecule has 0 aromatic rings. The van der Waals surface area contributed by atoms with E-state index in [0.29, 0.717) is 12.8 Å². The predicted octanol–water partition coefficient (Wildman–Crippen LogP) is -5.31. The van der Waals surface area contributed by atoms with Crippen molar-refractivity contribution in [2.45, 2.75) is 69.6 Å². The predicted molar refractivity (Wildman–Crippen MR) is 148 cm³/mol. The van der Waals surface area contributed by atoms with Crippen molar-refractivity contribution in [3.05, 3.63) is 0 Å². The summed E-state index contributed by atoms with van der Waals surface area (Å²) in [5, 5.41) is 40.0. The van der Waals surface area contributed by atoms with Crippen LogP contribution in [0.5, 0.6) is 0 Å². The summed E-state index contributed by atoms with van der Waals surface area (Å²) < 4.78 is 0. The molecule has 0 aromatic heterocycles. The summed E-state index contributed by atoms with van der Waals surface area (Å²) in [7, 11) is 0. The van der Waals surface area contributed by atoms with Gasteiger partial charge in [0.05, 0.1) is 19.5 Å². The average Bonchev–Trinajstić information content (AvgIpc) is 2.95. The summed E-state index contributed by atoms with van der Waals surface area (Å²) in [6.07, 6.45) is -0.951. The highest BCUT2D eigenvalue weighted by Crippen LogP contribution is 2.04. The first kappa shape index (κ1) is 39.1. The Kier molecular flexibility index (Phi) is 18.6. The molecule has 0 bridgehead atoms. The molecule has 0 radical (unpaired) electrons. The number of nitrogens with one attached hydrogen (secondary N) is 6. The molecule has 0 unspecified atom stereocenters. The molecule has 0 rings (SSSR count). The summed E-state index contributed by atoms with van der Waals surface area (Å²) in [6, 6.07) is -5.56. The number of carbonyl (C=O) groups is 9. The van der Waals surface area contributed by atoms with Gasteiger partial charge in [-0.15, -0.1) is 0 Å². The molecule has 0 aromatic carbocycles. The third-order valence-corrected chi connectivity index (χ3v) is 5.68. The Labute approximate surface area is 251 Å². The lowest BCUT2D eigenvalue weighted by atomic mass is 10.1. The number of rotatable bonds is 22. The largest absolute Gasteiger partial charge is 0.481 e. The Morgan fingerprint density at radius 2 is 1.16 bits per heavy atom. The topological polar surface area (TPSA) is 339 Å². The summed E-state index contributed by atoms with van der Waals surface area (Å²) in [5.74, 6) is -9.49. The first-order valence-electron chi connectivity index (χ1n) is 13.4. The van der Waals surface area contributed by atoms with Crippen LogP contribution in [0, 0.1) is 0 Å². The van der Waals surface area contributed by atoms with Crippen LogP contribution in [0.4, 0.5) is 0 Å². The van der Waals surface area contributed by atoms with Gasteiger partial charge in [0.25, 0.3) is 0 Å². The quantitative estimate of drug-likeness (QED) is 0.0497. The minimum Gasteiger partial charge on any atom is -0.481 e. The number of carbonyl (C=O) groups excluding carboxylic acids is 6. The molecule has 4 atom stereocenters. The van der Waals surface area contributed by atoms with Crippen LogP contribution in [0.2, 0.25) is 0 Å². The molecule has 6 amide bonds. The monoisotopic (exact) mass is 632 g/mol. The van der Waals surface area contributed by atoms with Crippen LogP contribution in [0.25, 0.3) is 0 Å². The second-order valence-electron chi connectivity index (χ2n) is 9.38. The van der Waals surface area contributed by atoms with Crippen LogP contribution in [0.3, 0.4) is 0 Å². The minimum atomic E-state index is -1.56. The maximum absolute atomic E-state index is 12.9. The van der Waals surface area contributed by atoms with Crippen LogP contribution < -0.4 is 43.4 Å². The van der Waals surface area contributed by atoms with Gasteiger partial charge < -0.3 is 58.7 Å². The van der Waals surface area contributed by atoms with Crippen molar-refractivity contribution in [2.75, 3.05) is 26.2 Å². The van der Waals surface area contributed by atoms with E-state index in [0.717, 1.165) is 0 Å². The minimum absolute atomic E-state index is 0.0203. The molecular formula is C24H40N8O12. The van der Waals surface area contributed by atoms with Gasteiger partial charge in [-0.2, -0.15) is 0 Å². The number of aliphatic carboxylic acids is 3. The smallest absolute Gasteiger partial charge is 0.322 e. The van der Waals surface area contributed by atoms with Crippen molar-refractivity contribution in [3.8, 4) is 0 Å². The molecule has 0 spiro atoms. The van der Waals surface area contributed by atoms with E-state index < -0.39 is 116 Å². The number of hydrogen-bond acceptors (Lipinski definition) is 11. The lowest BCUT2D eigenvalue weighted by molar-refractivity contribution is -0.141. The first-order valence-corrected chi connectivity index (χ1v) is 13.4. The number of hydrogen-bond donors (Lipinski definition) is 11. The van der Waals surface area contributed by atoms with Crippen LogP contribution in [-0.4, -0.2) is 119 Å². The third-order valence-electron chi connectivity index (χ3n) is 5.68. The maximum Gasteiger partial charge on any atom is 0.322 e. The number of unbranched alkanes of at least 4 members (excludes halogenated alkanes) is 1. The van der Waals surface area contributed by atoms with Crippen molar-refractivity contribution in [3.63, 3.8) is 0 Å². The molecule has 13 N–H and O–H groups in total. The van der Waals surface area contributed by atoms with Crippen molar-refractivity contribution >= 4 is 53.4 Å². The van der Waals surface area contributed by atoms with Crippen molar-refractivity contribution < 1.29 is 58.5 Å². The number of carboxylic acids is 3. The maximum atomic E-state index is 12.9. The highest BCUT2D eigenvalue weighted by molar-refractivity contribution is 5.96. The van der Waals surface area contributed by atoms with Crippen molar-refractivity contribution in [2.24, 2.45) is 11.5 Å². The third kappa shape index (κ3) is 17.2. The van der Waals surface area contributed by atoms with Crippen molar-refractivity contribution in [1.29, 1.82) is 0 Å². The summed E-state index contributed by atoms with van der Waals surface area (Å²) >= 11 is 0. The zero-order chi connectivity index (χ0) is 33.8.